The molecule has 0 aromatic heterocycles. The predicted molar refractivity (Wildman–Crippen MR) is 418 cm³/mol. The van der Waals surface area contributed by atoms with Crippen LogP contribution in [0.5, 0.6) is 0 Å². The van der Waals surface area contributed by atoms with Gasteiger partial charge in [-0.2, -0.15) is 0 Å². The van der Waals surface area contributed by atoms with Gasteiger partial charge in [0.15, 0.2) is 12.2 Å². The molecule has 0 amide bonds. The van der Waals surface area contributed by atoms with E-state index < -0.39 is 97.5 Å². The van der Waals surface area contributed by atoms with Crippen molar-refractivity contribution < 1.29 is 80.2 Å². The summed E-state index contributed by atoms with van der Waals surface area (Å²) in [5.41, 5.74) is 0. The molecule has 3 N–H and O–H groups in total. The lowest BCUT2D eigenvalue weighted by Gasteiger charge is -2.21. The molecule has 0 aliphatic rings. The van der Waals surface area contributed by atoms with Gasteiger partial charge in [0.1, 0.15) is 19.3 Å². The number of aliphatic hydroxyl groups excluding tert-OH is 1. The monoisotopic (exact) mass is 1480 g/mol. The molecule has 102 heavy (non-hydrogen) atoms. The van der Waals surface area contributed by atoms with Crippen LogP contribution >= 0.6 is 15.6 Å². The van der Waals surface area contributed by atoms with Crippen LogP contribution in [0.4, 0.5) is 0 Å². The van der Waals surface area contributed by atoms with E-state index in [1.54, 1.807) is 0 Å². The van der Waals surface area contributed by atoms with Crippen molar-refractivity contribution in [3.63, 3.8) is 0 Å². The summed E-state index contributed by atoms with van der Waals surface area (Å²) in [6.07, 6.45) is 79.5. The zero-order valence-corrected chi connectivity index (χ0v) is 66.3. The molecule has 0 aromatic rings. The normalized spacial score (nSPS) is 14.4. The van der Waals surface area contributed by atoms with Crippen LogP contribution < -0.4 is 0 Å². The van der Waals surface area contributed by atoms with Crippen molar-refractivity contribution in [1.29, 1.82) is 0 Å². The molecule has 0 fully saturated rings. The van der Waals surface area contributed by atoms with Gasteiger partial charge in [0, 0.05) is 25.7 Å². The minimum Gasteiger partial charge on any atom is -0.462 e. The zero-order chi connectivity index (χ0) is 74.6. The Balaban J connectivity index is 5.36. The van der Waals surface area contributed by atoms with Crippen LogP contribution in [0.2, 0.25) is 0 Å². The topological polar surface area (TPSA) is 237 Å². The first-order valence-electron chi connectivity index (χ1n) is 40.5. The Hall–Kier alpha value is -4.02. The average molecular weight is 1480 g/mol. The van der Waals surface area contributed by atoms with Gasteiger partial charge in [0.05, 0.1) is 26.4 Å². The van der Waals surface area contributed by atoms with Crippen molar-refractivity contribution >= 4 is 39.5 Å². The Kier molecular flexibility index (Phi) is 72.3. The third kappa shape index (κ3) is 74.3. The van der Waals surface area contributed by atoms with Crippen molar-refractivity contribution in [3.8, 4) is 0 Å². The second kappa shape index (κ2) is 75.2. The van der Waals surface area contributed by atoms with E-state index >= 15 is 0 Å². The van der Waals surface area contributed by atoms with Crippen LogP contribution in [0.25, 0.3) is 0 Å². The van der Waals surface area contributed by atoms with Crippen LogP contribution in [-0.4, -0.2) is 96.7 Å². The molecule has 0 bridgehead atoms. The zero-order valence-electron chi connectivity index (χ0n) is 64.5. The Bertz CT molecular complexity index is 2310. The van der Waals surface area contributed by atoms with Crippen molar-refractivity contribution in [2.45, 2.75) is 367 Å². The number of hydrogen-bond donors (Lipinski definition) is 3. The predicted octanol–water partition coefficient (Wildman–Crippen LogP) is 23.6. The molecule has 5 unspecified atom stereocenters. The molecule has 5 atom stereocenters. The molecule has 0 spiro atoms. The van der Waals surface area contributed by atoms with Crippen molar-refractivity contribution in [1.82, 2.24) is 0 Å². The average Bonchev–Trinajstić information content (AvgIpc) is 0.907. The lowest BCUT2D eigenvalue weighted by Crippen LogP contribution is -2.30. The summed E-state index contributed by atoms with van der Waals surface area (Å²) in [5.74, 6) is -2.20. The van der Waals surface area contributed by atoms with Gasteiger partial charge >= 0.3 is 39.5 Å². The lowest BCUT2D eigenvalue weighted by atomic mass is 10.0. The first-order valence-corrected chi connectivity index (χ1v) is 43.5. The molecule has 17 nitrogen and oxygen atoms in total. The summed E-state index contributed by atoms with van der Waals surface area (Å²) in [5, 5.41) is 10.6. The number of ether oxygens (including phenoxy) is 4. The highest BCUT2D eigenvalue weighted by Gasteiger charge is 2.30. The number of unbranched alkanes of at least 4 members (excludes halogenated alkanes) is 34. The number of phosphoric acid groups is 2. The highest BCUT2D eigenvalue weighted by atomic mass is 31.2. The molecule has 0 aliphatic carbocycles. The highest BCUT2D eigenvalue weighted by molar-refractivity contribution is 7.47. The second-order valence-corrected chi connectivity index (χ2v) is 29.9. The molecule has 0 heterocycles. The highest BCUT2D eigenvalue weighted by Crippen LogP contribution is 2.45. The van der Waals surface area contributed by atoms with Gasteiger partial charge < -0.3 is 33.8 Å². The number of phosphoric ester groups is 2. The maximum absolute atomic E-state index is 13.1. The van der Waals surface area contributed by atoms with Gasteiger partial charge in [-0.3, -0.25) is 37.3 Å². The first-order chi connectivity index (χ1) is 49.7. The number of carbonyl (C=O) groups is 4. The summed E-state index contributed by atoms with van der Waals surface area (Å²) >= 11 is 0. The van der Waals surface area contributed by atoms with E-state index in [2.05, 4.69) is 125 Å². The Morgan fingerprint density at radius 3 is 0.804 bits per heavy atom. The maximum atomic E-state index is 13.1. The summed E-state index contributed by atoms with van der Waals surface area (Å²) in [4.78, 5) is 73.0. The van der Waals surface area contributed by atoms with E-state index in [1.165, 1.54) is 89.9 Å². The molecular weight excluding hydrogens is 1330 g/mol. The SMILES string of the molecule is CC/C=C\C/C=C\C/C=C\CCCCCCCC(=O)OC(COC(=O)CCCCCCCC/C=C\C/C=C\C/C=C\CCCCC)COP(=O)(O)OCC(O)COP(=O)(O)OCC(COC(=O)CCCCCCC/C=C\C/C=C\CCCCC)OC(=O)CCCCCCCCCCCCCCC. The summed E-state index contributed by atoms with van der Waals surface area (Å²) in [6, 6.07) is 0. The number of rotatable bonds is 76. The van der Waals surface area contributed by atoms with Crippen LogP contribution in [0.3, 0.4) is 0 Å². The standard InChI is InChI=1S/C83H146O17P2/c1-5-9-13-17-21-25-29-33-36-37-38-39-42-45-48-52-56-60-64-68-81(86)94-74-79(100-83(88)70-66-62-58-54-50-46-41-35-31-27-23-19-15-11-7-3)76-98-102(91,92)96-72-77(84)71-95-101(89,90)97-75-78(99-82(87)69-65-61-57-53-49-43-32-28-24-20-16-12-8-4)73-93-80(85)67-63-59-55-51-47-44-40-34-30-26-22-18-14-10-6-2/h11,15,21-23,25-27,33-36,38-41,77-79,84H,5-10,12-14,16-20,24,28-32,37,42-76H2,1-4H3,(H,89,90)(H,91,92)/b15-11-,25-21-,26-22-,27-23-,36-33-,39-38-,40-34-,41-35-. The van der Waals surface area contributed by atoms with E-state index in [1.807, 2.05) is 0 Å². The number of aliphatic hydroxyl groups is 1. The number of carbonyl (C=O) groups excluding carboxylic acids is 4. The fraction of sp³-hybridized carbons (Fsp3) is 0.759. The van der Waals surface area contributed by atoms with Crippen molar-refractivity contribution in [3.05, 3.63) is 97.2 Å². The Morgan fingerprint density at radius 2 is 0.510 bits per heavy atom. The number of esters is 4. The summed E-state index contributed by atoms with van der Waals surface area (Å²) < 4.78 is 68.6. The molecular formula is C83H146O17P2. The minimum absolute atomic E-state index is 0.0724. The lowest BCUT2D eigenvalue weighted by molar-refractivity contribution is -0.161. The summed E-state index contributed by atoms with van der Waals surface area (Å²) in [7, 11) is -9.96. The second-order valence-electron chi connectivity index (χ2n) is 27.0. The van der Waals surface area contributed by atoms with Gasteiger partial charge in [0.25, 0.3) is 0 Å². The number of allylic oxidation sites excluding steroid dienone is 16. The van der Waals surface area contributed by atoms with E-state index in [0.717, 1.165) is 180 Å². The largest absolute Gasteiger partial charge is 0.472 e. The molecule has 0 saturated carbocycles. The van der Waals surface area contributed by atoms with Gasteiger partial charge in [-0.25, -0.2) is 9.13 Å². The molecule has 0 rings (SSSR count). The van der Waals surface area contributed by atoms with Crippen LogP contribution in [0.1, 0.15) is 349 Å². The van der Waals surface area contributed by atoms with Crippen molar-refractivity contribution in [2.24, 2.45) is 0 Å². The molecule has 19 heteroatoms. The Labute approximate surface area is 620 Å². The molecule has 0 aliphatic heterocycles. The molecule has 590 valence electrons. The van der Waals surface area contributed by atoms with Gasteiger partial charge in [-0.05, 0) is 128 Å². The van der Waals surface area contributed by atoms with E-state index in [0.29, 0.717) is 25.7 Å². The van der Waals surface area contributed by atoms with Gasteiger partial charge in [-0.15, -0.1) is 0 Å². The minimum atomic E-state index is -4.98. The first kappa shape index (κ1) is 98.0. The quantitative estimate of drug-likeness (QED) is 0.0169. The fourth-order valence-corrected chi connectivity index (χ4v) is 12.4. The molecule has 0 saturated heterocycles. The smallest absolute Gasteiger partial charge is 0.462 e. The summed E-state index contributed by atoms with van der Waals surface area (Å²) in [6.45, 7) is 4.71. The van der Waals surface area contributed by atoms with Gasteiger partial charge in [0.2, 0.25) is 0 Å². The molecule has 0 radical (unpaired) electrons. The Morgan fingerprint density at radius 1 is 0.284 bits per heavy atom. The van der Waals surface area contributed by atoms with Crippen LogP contribution in [-0.2, 0) is 65.4 Å². The number of hydrogen-bond acceptors (Lipinski definition) is 15. The molecule has 0 aromatic carbocycles. The van der Waals surface area contributed by atoms with Crippen molar-refractivity contribution in [2.75, 3.05) is 39.6 Å². The van der Waals surface area contributed by atoms with Crippen LogP contribution in [0.15, 0.2) is 97.2 Å². The third-order valence-electron chi connectivity index (χ3n) is 17.0. The third-order valence-corrected chi connectivity index (χ3v) is 18.9. The van der Waals surface area contributed by atoms with E-state index in [9.17, 15) is 43.2 Å². The van der Waals surface area contributed by atoms with Crippen LogP contribution in [0, 0.1) is 0 Å². The van der Waals surface area contributed by atoms with E-state index in [4.69, 9.17) is 37.0 Å². The van der Waals surface area contributed by atoms with Gasteiger partial charge in [-0.1, -0.05) is 292 Å². The fourth-order valence-electron chi connectivity index (χ4n) is 10.9. The maximum Gasteiger partial charge on any atom is 0.472 e. The van der Waals surface area contributed by atoms with E-state index in [-0.39, 0.29) is 25.7 Å².